The van der Waals surface area contributed by atoms with E-state index in [1.54, 1.807) is 23.2 Å². The summed E-state index contributed by atoms with van der Waals surface area (Å²) in [6.07, 6.45) is 4.37. The van der Waals surface area contributed by atoms with Crippen LogP contribution in [-0.4, -0.2) is 38.9 Å². The number of rotatable bonds is 1. The fourth-order valence-electron chi connectivity index (χ4n) is 2.38. The smallest absolute Gasteiger partial charge is 0.292 e. The summed E-state index contributed by atoms with van der Waals surface area (Å²) in [6, 6.07) is 0. The number of aryl methyl sites for hydroxylation is 2. The summed E-state index contributed by atoms with van der Waals surface area (Å²) < 4.78 is 4.52. The number of nitrogens with one attached hydrogen (secondary N) is 1. The van der Waals surface area contributed by atoms with Crippen LogP contribution >= 0.6 is 0 Å². The van der Waals surface area contributed by atoms with E-state index < -0.39 is 5.56 Å². The van der Waals surface area contributed by atoms with E-state index in [9.17, 15) is 9.59 Å². The minimum absolute atomic E-state index is 0.209. The molecule has 10 nitrogen and oxygen atoms in total. The molecule has 0 bridgehead atoms. The molecule has 0 fully saturated rings. The zero-order valence-electron chi connectivity index (χ0n) is 11.7. The highest BCUT2D eigenvalue weighted by Crippen LogP contribution is 2.12. The number of aromatic amines is 1. The average molecular weight is 298 g/mol. The van der Waals surface area contributed by atoms with Gasteiger partial charge in [0.25, 0.3) is 11.1 Å². The minimum Gasteiger partial charge on any atom is -0.318 e. The van der Waals surface area contributed by atoms with Gasteiger partial charge < -0.3 is 9.13 Å². The molecule has 0 aromatic carbocycles. The highest BCUT2D eigenvalue weighted by molar-refractivity contribution is 5.75. The minimum atomic E-state index is -0.417. The van der Waals surface area contributed by atoms with Gasteiger partial charge in [0.2, 0.25) is 5.95 Å². The van der Waals surface area contributed by atoms with Crippen LogP contribution < -0.4 is 11.1 Å². The maximum atomic E-state index is 12.5. The van der Waals surface area contributed by atoms with Crippen molar-refractivity contribution in [2.45, 2.75) is 0 Å². The Morgan fingerprint density at radius 3 is 2.68 bits per heavy atom. The first-order valence-electron chi connectivity index (χ1n) is 6.37. The van der Waals surface area contributed by atoms with Gasteiger partial charge in [-0.25, -0.2) is 24.6 Å². The van der Waals surface area contributed by atoms with E-state index in [-0.39, 0.29) is 22.5 Å². The first-order valence-corrected chi connectivity index (χ1v) is 6.37. The summed E-state index contributed by atoms with van der Waals surface area (Å²) in [5, 5.41) is 6.05. The van der Waals surface area contributed by atoms with Crippen molar-refractivity contribution in [2.75, 3.05) is 0 Å². The Balaban J connectivity index is 2.10. The van der Waals surface area contributed by atoms with Gasteiger partial charge in [0, 0.05) is 14.1 Å². The summed E-state index contributed by atoms with van der Waals surface area (Å²) in [4.78, 5) is 36.8. The third-order valence-corrected chi connectivity index (χ3v) is 3.52. The van der Waals surface area contributed by atoms with Crippen molar-refractivity contribution in [1.29, 1.82) is 0 Å². The summed E-state index contributed by atoms with van der Waals surface area (Å²) >= 11 is 0. The zero-order valence-corrected chi connectivity index (χ0v) is 11.7. The number of nitrogens with zero attached hydrogens (tertiary/aromatic N) is 7. The van der Waals surface area contributed by atoms with Gasteiger partial charge in [-0.2, -0.15) is 5.10 Å². The van der Waals surface area contributed by atoms with Gasteiger partial charge in [-0.3, -0.25) is 9.59 Å². The van der Waals surface area contributed by atoms with E-state index in [0.717, 1.165) is 0 Å². The molecular weight excluding hydrogens is 288 g/mol. The molecule has 0 saturated carbocycles. The Kier molecular flexibility index (Phi) is 2.32. The number of fused-ring (bicyclic) bond motifs is 2. The van der Waals surface area contributed by atoms with Gasteiger partial charge in [0.15, 0.2) is 16.7 Å². The normalized spacial score (nSPS) is 11.5. The molecule has 0 amide bonds. The molecule has 0 aliphatic carbocycles. The second-order valence-corrected chi connectivity index (χ2v) is 4.85. The van der Waals surface area contributed by atoms with E-state index in [1.807, 2.05) is 0 Å². The molecule has 0 unspecified atom stereocenters. The average Bonchev–Trinajstić information content (AvgIpc) is 3.04. The molecular formula is C12H10N8O2. The van der Waals surface area contributed by atoms with Gasteiger partial charge in [0.1, 0.15) is 6.33 Å². The van der Waals surface area contributed by atoms with E-state index in [2.05, 4.69) is 25.1 Å². The number of hydrogen-bond donors (Lipinski definition) is 1. The van der Waals surface area contributed by atoms with Crippen LogP contribution in [-0.2, 0) is 14.1 Å². The van der Waals surface area contributed by atoms with Crippen LogP contribution in [0.3, 0.4) is 0 Å². The van der Waals surface area contributed by atoms with Crippen molar-refractivity contribution in [2.24, 2.45) is 14.1 Å². The Hall–Kier alpha value is -3.30. The number of H-pyrrole nitrogens is 1. The molecule has 10 heteroatoms. The Morgan fingerprint density at radius 1 is 1.09 bits per heavy atom. The predicted molar refractivity (Wildman–Crippen MR) is 76.8 cm³/mol. The van der Waals surface area contributed by atoms with E-state index in [0.29, 0.717) is 11.2 Å². The van der Waals surface area contributed by atoms with Crippen LogP contribution in [0.1, 0.15) is 0 Å². The lowest BCUT2D eigenvalue weighted by Gasteiger charge is -2.04. The van der Waals surface area contributed by atoms with E-state index in [1.165, 1.54) is 23.4 Å². The SMILES string of the molecule is Cn1cnc2c(=O)n(-c3nc4c(=O)[nH]ncc4n3C)cnc21. The van der Waals surface area contributed by atoms with Crippen molar-refractivity contribution in [3.05, 3.63) is 39.6 Å². The molecule has 4 aromatic heterocycles. The number of hydrogen-bond acceptors (Lipinski definition) is 6. The van der Waals surface area contributed by atoms with Gasteiger partial charge in [-0.05, 0) is 0 Å². The van der Waals surface area contributed by atoms with Crippen LogP contribution in [0.4, 0.5) is 0 Å². The topological polar surface area (TPSA) is 116 Å². The van der Waals surface area contributed by atoms with Crippen LogP contribution in [0.5, 0.6) is 0 Å². The fourth-order valence-corrected chi connectivity index (χ4v) is 2.38. The lowest BCUT2D eigenvalue weighted by molar-refractivity contribution is 0.800. The molecule has 0 aliphatic rings. The highest BCUT2D eigenvalue weighted by Gasteiger charge is 2.16. The van der Waals surface area contributed by atoms with Crippen molar-refractivity contribution >= 4 is 22.2 Å². The monoisotopic (exact) mass is 298 g/mol. The van der Waals surface area contributed by atoms with Gasteiger partial charge in [0.05, 0.1) is 18.0 Å². The molecule has 0 atom stereocenters. The molecule has 1 N–H and O–H groups in total. The second-order valence-electron chi connectivity index (χ2n) is 4.85. The Morgan fingerprint density at radius 2 is 1.91 bits per heavy atom. The first kappa shape index (κ1) is 12.4. The summed E-state index contributed by atoms with van der Waals surface area (Å²) in [6.45, 7) is 0. The predicted octanol–water partition coefficient (Wildman–Crippen LogP) is -0.911. The lowest BCUT2D eigenvalue weighted by Crippen LogP contribution is -2.22. The van der Waals surface area contributed by atoms with Gasteiger partial charge in [-0.1, -0.05) is 0 Å². The van der Waals surface area contributed by atoms with Crippen LogP contribution in [0.2, 0.25) is 0 Å². The largest absolute Gasteiger partial charge is 0.318 e. The summed E-state index contributed by atoms with van der Waals surface area (Å²) in [7, 11) is 3.45. The quantitative estimate of drug-likeness (QED) is 0.486. The van der Waals surface area contributed by atoms with Crippen molar-refractivity contribution in [3.63, 3.8) is 0 Å². The van der Waals surface area contributed by atoms with Crippen LogP contribution in [0, 0.1) is 0 Å². The molecule has 0 spiro atoms. The third kappa shape index (κ3) is 1.48. The maximum Gasteiger partial charge on any atom is 0.292 e. The molecule has 4 rings (SSSR count). The van der Waals surface area contributed by atoms with Crippen molar-refractivity contribution < 1.29 is 0 Å². The maximum absolute atomic E-state index is 12.5. The zero-order chi connectivity index (χ0) is 15.4. The van der Waals surface area contributed by atoms with Crippen molar-refractivity contribution in [1.82, 2.24) is 38.9 Å². The highest BCUT2D eigenvalue weighted by atomic mass is 16.1. The molecule has 110 valence electrons. The molecule has 4 aromatic rings. The van der Waals surface area contributed by atoms with E-state index in [4.69, 9.17) is 0 Å². The molecule has 0 aliphatic heterocycles. The first-order chi connectivity index (χ1) is 10.6. The summed E-state index contributed by atoms with van der Waals surface area (Å²) in [5.41, 5.74) is 0.684. The molecule has 22 heavy (non-hydrogen) atoms. The van der Waals surface area contributed by atoms with Crippen molar-refractivity contribution in [3.8, 4) is 5.95 Å². The summed E-state index contributed by atoms with van der Waals surface area (Å²) in [5.74, 6) is 0.276. The van der Waals surface area contributed by atoms with Gasteiger partial charge in [-0.15, -0.1) is 0 Å². The Labute approximate surface area is 121 Å². The molecule has 0 saturated heterocycles. The fraction of sp³-hybridized carbons (Fsp3) is 0.167. The van der Waals surface area contributed by atoms with Gasteiger partial charge >= 0.3 is 0 Å². The lowest BCUT2D eigenvalue weighted by atomic mass is 10.5. The number of imidazole rings is 2. The van der Waals surface area contributed by atoms with E-state index >= 15 is 0 Å². The van der Waals surface area contributed by atoms with Crippen LogP contribution in [0.25, 0.3) is 28.1 Å². The standard InChI is InChI=1S/C12H10N8O2/c1-18-4-13-8-9(18)14-5-20(11(8)22)12-16-7-6(19(12)2)3-15-17-10(7)21/h3-5H,1-2H3,(H,17,21). The molecule has 0 radical (unpaired) electrons. The molecule has 4 heterocycles. The third-order valence-electron chi connectivity index (χ3n) is 3.52. The van der Waals surface area contributed by atoms with Crippen LogP contribution in [0.15, 0.2) is 28.4 Å². The Bertz CT molecular complexity index is 1150. The second kappa shape index (κ2) is 4.10. The number of aromatic nitrogens is 8.